The van der Waals surface area contributed by atoms with Crippen molar-refractivity contribution in [3.05, 3.63) is 103 Å². The molecule has 1 atom stereocenters. The Hall–Kier alpha value is -4.34. The van der Waals surface area contributed by atoms with E-state index in [1.165, 1.54) is 29.9 Å². The minimum absolute atomic E-state index is 0.0380. The average molecular weight is 503 g/mol. The number of carbonyl (C=O) groups is 1. The lowest BCUT2D eigenvalue weighted by atomic mass is 9.94. The zero-order valence-corrected chi connectivity index (χ0v) is 21.0. The Kier molecular flexibility index (Phi) is 7.76. The van der Waals surface area contributed by atoms with E-state index in [1.54, 1.807) is 0 Å². The van der Waals surface area contributed by atoms with Crippen LogP contribution in [0.5, 0.6) is 0 Å². The summed E-state index contributed by atoms with van der Waals surface area (Å²) in [5, 5.41) is 2.41. The Morgan fingerprint density at radius 3 is 2.32 bits per heavy atom. The second-order valence-electron chi connectivity index (χ2n) is 9.38. The molecular weight excluding hydrogens is 472 g/mol. The fourth-order valence-corrected chi connectivity index (χ4v) is 4.35. The molecule has 1 aromatic heterocycles. The first-order chi connectivity index (χ1) is 17.8. The molecule has 0 spiro atoms. The minimum atomic E-state index is -0.972. The number of aromatic nitrogens is 3. The van der Waals surface area contributed by atoms with Gasteiger partial charge in [-0.3, -0.25) is 9.36 Å². The molecule has 0 saturated heterocycles. The second-order valence-corrected chi connectivity index (χ2v) is 9.38. The number of nitrogens with two attached hydrogens (primary N) is 1. The van der Waals surface area contributed by atoms with Gasteiger partial charge in [-0.2, -0.15) is 4.68 Å². The zero-order chi connectivity index (χ0) is 26.5. The Bertz CT molecular complexity index is 1530. The average Bonchev–Trinajstić information content (AvgIpc) is 2.93. The van der Waals surface area contributed by atoms with E-state index in [9.17, 15) is 19.3 Å². The molecule has 10 heteroatoms. The van der Waals surface area contributed by atoms with Crippen molar-refractivity contribution in [2.75, 3.05) is 5.84 Å². The summed E-state index contributed by atoms with van der Waals surface area (Å²) in [5.74, 6) is 4.23. The maximum atomic E-state index is 13.5. The molecule has 192 valence electrons. The third kappa shape index (κ3) is 5.74. The van der Waals surface area contributed by atoms with Gasteiger partial charge in [0.1, 0.15) is 0 Å². The van der Waals surface area contributed by atoms with Gasteiger partial charge in [0.25, 0.3) is 5.91 Å². The number of allylic oxidation sites excluding steroid dienone is 2. The van der Waals surface area contributed by atoms with E-state index in [2.05, 4.69) is 16.2 Å². The number of nitroso groups, excluding NO2 is 1. The van der Waals surface area contributed by atoms with E-state index in [0.29, 0.717) is 5.69 Å². The molecule has 1 amide bonds. The summed E-state index contributed by atoms with van der Waals surface area (Å²) in [7, 11) is 0. The highest BCUT2D eigenvalue weighted by Crippen LogP contribution is 2.27. The number of nitrogens with zero attached hydrogens (tertiary/aromatic N) is 5. The van der Waals surface area contributed by atoms with Crippen molar-refractivity contribution >= 4 is 17.2 Å². The Labute approximate surface area is 213 Å². The smallest absolute Gasteiger partial charge is 0.332 e. The van der Waals surface area contributed by atoms with Gasteiger partial charge in [-0.15, -0.1) is 4.91 Å². The fraction of sp³-hybridized carbons (Fsp3) is 0.333. The molecule has 4 rings (SSSR count). The summed E-state index contributed by atoms with van der Waals surface area (Å²) in [5.41, 5.74) is 3.23. The lowest BCUT2D eigenvalue weighted by Crippen LogP contribution is -2.58. The number of benzene rings is 2. The predicted octanol–water partition coefficient (Wildman–Crippen LogP) is 3.00. The molecule has 0 unspecified atom stereocenters. The number of amides is 1. The van der Waals surface area contributed by atoms with Gasteiger partial charge in [-0.25, -0.2) is 19.1 Å². The minimum Gasteiger partial charge on any atom is -0.332 e. The number of hydrogen-bond acceptors (Lipinski definition) is 6. The largest absolute Gasteiger partial charge is 0.353 e. The van der Waals surface area contributed by atoms with Gasteiger partial charge in [0.2, 0.25) is 5.62 Å². The lowest BCUT2D eigenvalue weighted by molar-refractivity contribution is -0.121. The highest BCUT2D eigenvalue weighted by molar-refractivity contribution is 5.78. The van der Waals surface area contributed by atoms with Crippen molar-refractivity contribution in [3.63, 3.8) is 0 Å². The van der Waals surface area contributed by atoms with Crippen LogP contribution in [-0.4, -0.2) is 19.7 Å². The molecule has 2 aromatic carbocycles. The van der Waals surface area contributed by atoms with Gasteiger partial charge in [0.05, 0.1) is 18.2 Å². The van der Waals surface area contributed by atoms with Crippen molar-refractivity contribution in [2.45, 2.75) is 52.6 Å². The Balaban J connectivity index is 1.84. The van der Waals surface area contributed by atoms with Crippen LogP contribution in [-0.2, 0) is 17.9 Å². The molecular formula is C27H30N6O4. The molecule has 0 saturated carbocycles. The lowest BCUT2D eigenvalue weighted by Gasteiger charge is -2.15. The van der Waals surface area contributed by atoms with Gasteiger partial charge in [0.15, 0.2) is 0 Å². The normalized spacial score (nSPS) is 14.8. The van der Waals surface area contributed by atoms with Gasteiger partial charge >= 0.3 is 11.4 Å². The van der Waals surface area contributed by atoms with Gasteiger partial charge in [-0.05, 0) is 61.4 Å². The summed E-state index contributed by atoms with van der Waals surface area (Å²) in [6.45, 7) is 3.13. The number of nitrogen functional groups attached to an aromatic ring is 1. The molecule has 37 heavy (non-hydrogen) atoms. The molecule has 0 radical (unpaired) electrons. The molecule has 1 aliphatic rings. The molecule has 1 aliphatic carbocycles. The van der Waals surface area contributed by atoms with Crippen LogP contribution in [0.15, 0.2) is 74.4 Å². The predicted molar refractivity (Wildman–Crippen MR) is 141 cm³/mol. The number of carbonyl (C=O) groups excluding carboxylic acids is 1. The molecule has 10 nitrogen and oxygen atoms in total. The molecule has 0 fully saturated rings. The first-order valence-electron chi connectivity index (χ1n) is 12.3. The van der Waals surface area contributed by atoms with E-state index in [1.807, 2.05) is 55.5 Å². The third-order valence-electron chi connectivity index (χ3n) is 6.54. The van der Waals surface area contributed by atoms with Gasteiger partial charge in [0, 0.05) is 11.7 Å². The summed E-state index contributed by atoms with van der Waals surface area (Å²) in [6.07, 6.45) is 6.74. The van der Waals surface area contributed by atoms with E-state index < -0.39 is 23.2 Å². The fourth-order valence-electron chi connectivity index (χ4n) is 4.35. The quantitative estimate of drug-likeness (QED) is 0.392. The van der Waals surface area contributed by atoms with E-state index in [0.717, 1.165) is 38.8 Å². The molecule has 0 aliphatic heterocycles. The zero-order valence-electron chi connectivity index (χ0n) is 21.0. The van der Waals surface area contributed by atoms with Crippen LogP contribution < -0.4 is 22.8 Å². The van der Waals surface area contributed by atoms with Crippen LogP contribution in [0.1, 0.15) is 49.3 Å². The van der Waals surface area contributed by atoms with Crippen LogP contribution >= 0.6 is 0 Å². The molecule has 3 aromatic rings. The third-order valence-corrected chi connectivity index (χ3v) is 6.54. The topological polar surface area (TPSA) is 134 Å². The monoisotopic (exact) mass is 502 g/mol. The SMILES string of the molecule is Cc1ccc(Cn2c(=O)n(C[C@H](C)C(=O)N=O)c(=O)n(N)/c2=N\c2ccc(C3=CCCCC3)cc2)cc1. The van der Waals surface area contributed by atoms with E-state index in [4.69, 9.17) is 5.84 Å². The number of rotatable bonds is 7. The Morgan fingerprint density at radius 1 is 1.00 bits per heavy atom. The molecule has 0 bridgehead atoms. The number of hydrogen-bond donors (Lipinski definition) is 1. The summed E-state index contributed by atoms with van der Waals surface area (Å²) >= 11 is 0. The first kappa shape index (κ1) is 25.7. The van der Waals surface area contributed by atoms with Crippen LogP contribution in [0.3, 0.4) is 0 Å². The maximum Gasteiger partial charge on any atom is 0.353 e. The van der Waals surface area contributed by atoms with Crippen molar-refractivity contribution < 1.29 is 4.79 Å². The Morgan fingerprint density at radius 2 is 1.70 bits per heavy atom. The van der Waals surface area contributed by atoms with Crippen LogP contribution in [0.2, 0.25) is 0 Å². The van der Waals surface area contributed by atoms with Crippen molar-refractivity contribution in [1.29, 1.82) is 0 Å². The number of aryl methyl sites for hydroxylation is 1. The van der Waals surface area contributed by atoms with Gasteiger partial charge in [-0.1, -0.05) is 55.0 Å². The maximum absolute atomic E-state index is 13.5. The standard InChI is InChI=1S/C27H30N6O4/c1-18-8-10-20(11-9-18)17-31-25(29-23-14-12-22(13-15-23)21-6-4-3-5-7-21)33(28)27(36)32(26(31)35)16-19(2)24(34)30-37/h6,8-15,19H,3-5,7,16-17,28H2,1-2H3/b29-25-/t19-/m0/s1. The highest BCUT2D eigenvalue weighted by Gasteiger charge is 2.20. The summed E-state index contributed by atoms with van der Waals surface area (Å²) < 4.78 is 2.91. The highest BCUT2D eigenvalue weighted by atomic mass is 16.3. The second kappa shape index (κ2) is 11.2. The van der Waals surface area contributed by atoms with Crippen LogP contribution in [0.25, 0.3) is 5.57 Å². The molecule has 2 N–H and O–H groups in total. The van der Waals surface area contributed by atoms with Gasteiger partial charge < -0.3 is 5.84 Å². The first-order valence-corrected chi connectivity index (χ1v) is 12.3. The van der Waals surface area contributed by atoms with Crippen molar-refractivity contribution in [3.8, 4) is 0 Å². The summed E-state index contributed by atoms with van der Waals surface area (Å²) in [4.78, 5) is 53.5. The van der Waals surface area contributed by atoms with Crippen LogP contribution in [0, 0.1) is 17.7 Å². The summed E-state index contributed by atoms with van der Waals surface area (Å²) in [6, 6.07) is 15.2. The molecule has 1 heterocycles. The van der Waals surface area contributed by atoms with E-state index >= 15 is 0 Å². The van der Waals surface area contributed by atoms with Crippen LogP contribution in [0.4, 0.5) is 5.69 Å². The van der Waals surface area contributed by atoms with Crippen molar-refractivity contribution in [1.82, 2.24) is 13.8 Å². The van der Waals surface area contributed by atoms with E-state index in [-0.39, 0.29) is 18.7 Å². The van der Waals surface area contributed by atoms with Crippen molar-refractivity contribution in [2.24, 2.45) is 16.1 Å².